The number of rotatable bonds is 3. The monoisotopic (exact) mass is 487 g/mol. The Balaban J connectivity index is 1.74. The van der Waals surface area contributed by atoms with E-state index in [2.05, 4.69) is 50.4 Å². The zero-order valence-corrected chi connectivity index (χ0v) is 21.0. The fourth-order valence-electron chi connectivity index (χ4n) is 4.21. The third-order valence-corrected chi connectivity index (χ3v) is 7.54. The molecule has 1 aliphatic rings. The number of hydrogen-bond donors (Lipinski definition) is 1. The third-order valence-electron chi connectivity index (χ3n) is 6.02. The van der Waals surface area contributed by atoms with Crippen molar-refractivity contribution in [3.05, 3.63) is 101 Å². The van der Waals surface area contributed by atoms with E-state index in [0.29, 0.717) is 10.8 Å². The minimum absolute atomic E-state index is 0.0329. The highest BCUT2D eigenvalue weighted by atomic mass is 35.5. The lowest BCUT2D eigenvalue weighted by molar-refractivity contribution is -0.113. The molecule has 0 bridgehead atoms. The van der Waals surface area contributed by atoms with Crippen molar-refractivity contribution in [2.75, 3.05) is 11.1 Å². The van der Waals surface area contributed by atoms with Crippen LogP contribution in [0.5, 0.6) is 0 Å². The first-order valence-electron chi connectivity index (χ1n) is 11.3. The SMILES string of the molecule is CC(C)(C)c1ccc(-c2nn(-c3ccccc3)c3c2[C@H](c2ccc(Cl)cc2)SCC(=O)N3)cc1. The van der Waals surface area contributed by atoms with Crippen molar-refractivity contribution in [3.8, 4) is 16.9 Å². The van der Waals surface area contributed by atoms with Crippen LogP contribution in [0.15, 0.2) is 78.9 Å². The predicted molar refractivity (Wildman–Crippen MR) is 142 cm³/mol. The zero-order valence-electron chi connectivity index (χ0n) is 19.4. The summed E-state index contributed by atoms with van der Waals surface area (Å²) >= 11 is 7.79. The number of halogens is 1. The highest BCUT2D eigenvalue weighted by molar-refractivity contribution is 8.00. The number of carbonyl (C=O) groups is 1. The van der Waals surface area contributed by atoms with Gasteiger partial charge in [-0.2, -0.15) is 5.10 Å². The Labute approximate surface area is 209 Å². The smallest absolute Gasteiger partial charge is 0.235 e. The van der Waals surface area contributed by atoms with Crippen LogP contribution in [0.25, 0.3) is 16.9 Å². The number of aromatic nitrogens is 2. The maximum Gasteiger partial charge on any atom is 0.235 e. The van der Waals surface area contributed by atoms with E-state index in [4.69, 9.17) is 16.7 Å². The molecule has 4 nitrogen and oxygen atoms in total. The first-order chi connectivity index (χ1) is 16.3. The lowest BCUT2D eigenvalue weighted by Crippen LogP contribution is -2.15. The summed E-state index contributed by atoms with van der Waals surface area (Å²) in [5, 5.41) is 8.82. The second-order valence-corrected chi connectivity index (χ2v) is 11.0. The first kappa shape index (κ1) is 22.8. The topological polar surface area (TPSA) is 46.9 Å². The van der Waals surface area contributed by atoms with Crippen molar-refractivity contribution in [1.29, 1.82) is 0 Å². The Hall–Kier alpha value is -3.02. The minimum atomic E-state index is -0.0685. The molecular weight excluding hydrogens is 462 g/mol. The summed E-state index contributed by atoms with van der Waals surface area (Å²) in [5.41, 5.74) is 6.22. The van der Waals surface area contributed by atoms with Gasteiger partial charge >= 0.3 is 0 Å². The maximum absolute atomic E-state index is 12.8. The van der Waals surface area contributed by atoms with Crippen LogP contribution in [-0.4, -0.2) is 21.4 Å². The molecule has 0 fully saturated rings. The molecule has 0 spiro atoms. The van der Waals surface area contributed by atoms with Crippen molar-refractivity contribution in [3.63, 3.8) is 0 Å². The Morgan fingerprint density at radius 1 is 0.971 bits per heavy atom. The molecule has 1 amide bonds. The van der Waals surface area contributed by atoms with Crippen molar-refractivity contribution in [2.24, 2.45) is 0 Å². The van der Waals surface area contributed by atoms with Crippen molar-refractivity contribution < 1.29 is 4.79 Å². The van der Waals surface area contributed by atoms with Gasteiger partial charge in [0.2, 0.25) is 5.91 Å². The molecule has 1 aliphatic heterocycles. The second kappa shape index (κ2) is 8.97. The molecule has 1 N–H and O–H groups in total. The first-order valence-corrected chi connectivity index (χ1v) is 12.7. The van der Waals surface area contributed by atoms with Crippen LogP contribution >= 0.6 is 23.4 Å². The van der Waals surface area contributed by atoms with E-state index in [0.717, 1.165) is 33.9 Å². The van der Waals surface area contributed by atoms with Gasteiger partial charge in [-0.1, -0.05) is 87.0 Å². The van der Waals surface area contributed by atoms with Gasteiger partial charge in [-0.05, 0) is 40.8 Å². The summed E-state index contributed by atoms with van der Waals surface area (Å²) in [6, 6.07) is 26.4. The third kappa shape index (κ3) is 4.38. The molecule has 0 saturated heterocycles. The Morgan fingerprint density at radius 3 is 2.29 bits per heavy atom. The van der Waals surface area contributed by atoms with Crippen molar-refractivity contribution in [1.82, 2.24) is 9.78 Å². The van der Waals surface area contributed by atoms with E-state index in [1.807, 2.05) is 59.3 Å². The predicted octanol–water partition coefficient (Wildman–Crippen LogP) is 7.26. The van der Waals surface area contributed by atoms with Crippen LogP contribution < -0.4 is 5.32 Å². The van der Waals surface area contributed by atoms with Crippen LogP contribution in [0.4, 0.5) is 5.82 Å². The van der Waals surface area contributed by atoms with E-state index in [1.165, 1.54) is 5.56 Å². The molecule has 1 atom stereocenters. The fourth-order valence-corrected chi connectivity index (χ4v) is 5.46. The normalized spacial score (nSPS) is 16.0. The van der Waals surface area contributed by atoms with E-state index in [-0.39, 0.29) is 16.6 Å². The van der Waals surface area contributed by atoms with Gasteiger partial charge in [0.15, 0.2) is 0 Å². The molecule has 172 valence electrons. The average Bonchev–Trinajstić information content (AvgIpc) is 3.10. The van der Waals surface area contributed by atoms with Gasteiger partial charge in [0.05, 0.1) is 22.4 Å². The molecule has 0 radical (unpaired) electrons. The fraction of sp³-hybridized carbons (Fsp3) is 0.214. The van der Waals surface area contributed by atoms with Gasteiger partial charge in [0.25, 0.3) is 0 Å². The van der Waals surface area contributed by atoms with Crippen LogP contribution in [0.3, 0.4) is 0 Å². The van der Waals surface area contributed by atoms with Crippen molar-refractivity contribution >= 4 is 35.1 Å². The van der Waals surface area contributed by atoms with Gasteiger partial charge < -0.3 is 5.32 Å². The van der Waals surface area contributed by atoms with E-state index in [1.54, 1.807) is 11.8 Å². The van der Waals surface area contributed by atoms with Gasteiger partial charge in [-0.25, -0.2) is 4.68 Å². The molecule has 4 aromatic rings. The molecule has 0 saturated carbocycles. The zero-order chi connectivity index (χ0) is 23.9. The molecule has 2 heterocycles. The van der Waals surface area contributed by atoms with E-state index < -0.39 is 0 Å². The quantitative estimate of drug-likeness (QED) is 0.330. The summed E-state index contributed by atoms with van der Waals surface area (Å²) in [4.78, 5) is 12.8. The van der Waals surface area contributed by atoms with Crippen LogP contribution in [0.1, 0.15) is 42.7 Å². The molecule has 5 rings (SSSR count). The van der Waals surface area contributed by atoms with Gasteiger partial charge in [0, 0.05) is 16.1 Å². The number of hydrogen-bond acceptors (Lipinski definition) is 3. The average molecular weight is 488 g/mol. The lowest BCUT2D eigenvalue weighted by Gasteiger charge is -2.19. The maximum atomic E-state index is 12.8. The largest absolute Gasteiger partial charge is 0.310 e. The number of benzene rings is 3. The summed E-state index contributed by atoms with van der Waals surface area (Å²) in [6.07, 6.45) is 0. The second-order valence-electron chi connectivity index (χ2n) is 9.48. The van der Waals surface area contributed by atoms with Crippen LogP contribution in [0, 0.1) is 0 Å². The van der Waals surface area contributed by atoms with Gasteiger partial charge in [-0.15, -0.1) is 11.8 Å². The molecule has 1 aromatic heterocycles. The molecule has 6 heteroatoms. The molecule has 3 aromatic carbocycles. The molecule has 34 heavy (non-hydrogen) atoms. The number of fused-ring (bicyclic) bond motifs is 1. The number of nitrogens with zero attached hydrogens (tertiary/aromatic N) is 2. The summed E-state index contributed by atoms with van der Waals surface area (Å²) < 4.78 is 1.86. The summed E-state index contributed by atoms with van der Waals surface area (Å²) in [5.74, 6) is 1.05. The number of thioether (sulfide) groups is 1. The standard InChI is InChI=1S/C28H26ClN3OS/c1-28(2,3)20-13-9-18(10-14-20)25-24-26(19-11-15-21(29)16-12-19)34-17-23(33)30-27(24)32(31-25)22-7-5-4-6-8-22/h4-16,26H,17H2,1-3H3,(H,30,33)/t26-/m0/s1. The summed E-state index contributed by atoms with van der Waals surface area (Å²) in [6.45, 7) is 6.63. The van der Waals surface area contributed by atoms with Crippen molar-refractivity contribution in [2.45, 2.75) is 31.4 Å². The van der Waals surface area contributed by atoms with E-state index >= 15 is 0 Å². The Kier molecular flexibility index (Phi) is 6.00. The molecule has 0 unspecified atom stereocenters. The number of carbonyl (C=O) groups excluding carboxylic acids is 1. The molecular formula is C28H26ClN3OS. The minimum Gasteiger partial charge on any atom is -0.310 e. The molecule has 0 aliphatic carbocycles. The number of anilines is 1. The lowest BCUT2D eigenvalue weighted by atomic mass is 9.86. The number of para-hydroxylation sites is 1. The number of amides is 1. The van der Waals surface area contributed by atoms with E-state index in [9.17, 15) is 4.79 Å². The Morgan fingerprint density at radius 2 is 1.65 bits per heavy atom. The van der Waals surface area contributed by atoms with Gasteiger partial charge in [0.1, 0.15) is 5.82 Å². The number of nitrogens with one attached hydrogen (secondary N) is 1. The Bertz CT molecular complexity index is 1320. The van der Waals surface area contributed by atoms with Crippen LogP contribution in [-0.2, 0) is 10.2 Å². The van der Waals surface area contributed by atoms with Gasteiger partial charge in [-0.3, -0.25) is 4.79 Å². The summed E-state index contributed by atoms with van der Waals surface area (Å²) in [7, 11) is 0. The highest BCUT2D eigenvalue weighted by Crippen LogP contribution is 2.47. The highest BCUT2D eigenvalue weighted by Gasteiger charge is 2.32. The van der Waals surface area contributed by atoms with Crippen LogP contribution in [0.2, 0.25) is 5.02 Å².